The molecule has 1 saturated heterocycles. The summed E-state index contributed by atoms with van der Waals surface area (Å²) in [5.41, 5.74) is 2.82. The van der Waals surface area contributed by atoms with E-state index in [-0.39, 0.29) is 5.91 Å². The zero-order valence-electron chi connectivity index (χ0n) is 11.2. The Bertz CT molecular complexity index is 430. The van der Waals surface area contributed by atoms with Gasteiger partial charge >= 0.3 is 0 Å². The van der Waals surface area contributed by atoms with Gasteiger partial charge in [-0.15, -0.1) is 0 Å². The van der Waals surface area contributed by atoms with Crippen molar-refractivity contribution in [1.82, 2.24) is 4.90 Å². The van der Waals surface area contributed by atoms with Crippen molar-refractivity contribution < 1.29 is 9.53 Å². The molecule has 4 heteroatoms. The van der Waals surface area contributed by atoms with E-state index in [1.54, 1.807) is 7.11 Å². The van der Waals surface area contributed by atoms with Crippen molar-refractivity contribution in [2.24, 2.45) is 0 Å². The van der Waals surface area contributed by atoms with E-state index >= 15 is 0 Å². The van der Waals surface area contributed by atoms with Crippen molar-refractivity contribution in [1.29, 1.82) is 0 Å². The lowest BCUT2D eigenvalue weighted by Crippen LogP contribution is -2.37. The molecule has 0 N–H and O–H groups in total. The highest BCUT2D eigenvalue weighted by Gasteiger charge is 2.19. The number of hydrogen-bond acceptors (Lipinski definition) is 3. The van der Waals surface area contributed by atoms with Gasteiger partial charge in [0.15, 0.2) is 0 Å². The summed E-state index contributed by atoms with van der Waals surface area (Å²) in [6.45, 7) is 5.67. The van der Waals surface area contributed by atoms with Crippen LogP contribution < -0.4 is 4.74 Å². The van der Waals surface area contributed by atoms with E-state index in [0.29, 0.717) is 0 Å². The normalized spacial score (nSPS) is 15.6. The van der Waals surface area contributed by atoms with Gasteiger partial charge in [0.1, 0.15) is 5.75 Å². The first-order valence-corrected chi connectivity index (χ1v) is 7.31. The van der Waals surface area contributed by atoms with Gasteiger partial charge in [0.25, 0.3) is 5.91 Å². The second kappa shape index (κ2) is 5.65. The maximum atomic E-state index is 12.4. The van der Waals surface area contributed by atoms with Crippen LogP contribution in [0.4, 0.5) is 0 Å². The molecule has 1 aliphatic rings. The number of benzene rings is 1. The highest BCUT2D eigenvalue weighted by atomic mass is 32.2. The van der Waals surface area contributed by atoms with Gasteiger partial charge in [0, 0.05) is 30.2 Å². The van der Waals surface area contributed by atoms with Crippen LogP contribution in [0.15, 0.2) is 12.1 Å². The number of amides is 1. The highest BCUT2D eigenvalue weighted by Crippen LogP contribution is 2.25. The summed E-state index contributed by atoms with van der Waals surface area (Å²) in [5, 5.41) is 0. The smallest absolute Gasteiger partial charge is 0.253 e. The third-order valence-corrected chi connectivity index (χ3v) is 4.15. The van der Waals surface area contributed by atoms with Gasteiger partial charge in [-0.05, 0) is 37.1 Å². The molecule has 0 bridgehead atoms. The number of hydrogen-bond donors (Lipinski definition) is 0. The average Bonchev–Trinajstić information content (AvgIpc) is 2.38. The minimum atomic E-state index is 0.143. The summed E-state index contributed by atoms with van der Waals surface area (Å²) in [5.74, 6) is 3.10. The van der Waals surface area contributed by atoms with Gasteiger partial charge in [-0.2, -0.15) is 11.8 Å². The van der Waals surface area contributed by atoms with Crippen molar-refractivity contribution in [2.75, 3.05) is 31.7 Å². The van der Waals surface area contributed by atoms with Gasteiger partial charge in [0.05, 0.1) is 7.11 Å². The van der Waals surface area contributed by atoms with Crippen molar-refractivity contribution >= 4 is 17.7 Å². The van der Waals surface area contributed by atoms with Gasteiger partial charge in [-0.3, -0.25) is 4.79 Å². The molecule has 1 fully saturated rings. The lowest BCUT2D eigenvalue weighted by molar-refractivity contribution is 0.0772. The molecule has 0 radical (unpaired) electrons. The van der Waals surface area contributed by atoms with E-state index in [1.165, 1.54) is 0 Å². The Morgan fingerprint density at radius 2 is 1.78 bits per heavy atom. The van der Waals surface area contributed by atoms with Crippen LogP contribution in [0.3, 0.4) is 0 Å². The Morgan fingerprint density at radius 3 is 2.28 bits per heavy atom. The van der Waals surface area contributed by atoms with Gasteiger partial charge in [0.2, 0.25) is 0 Å². The quantitative estimate of drug-likeness (QED) is 0.823. The average molecular weight is 265 g/mol. The highest BCUT2D eigenvalue weighted by molar-refractivity contribution is 7.99. The molecule has 1 aromatic carbocycles. The Morgan fingerprint density at radius 1 is 1.22 bits per heavy atom. The second-order valence-corrected chi connectivity index (χ2v) is 5.77. The molecule has 0 aromatic heterocycles. The topological polar surface area (TPSA) is 29.5 Å². The summed E-state index contributed by atoms with van der Waals surface area (Å²) >= 11 is 1.91. The van der Waals surface area contributed by atoms with Crippen LogP contribution >= 0.6 is 11.8 Å². The monoisotopic (exact) mass is 265 g/mol. The van der Waals surface area contributed by atoms with Crippen molar-refractivity contribution in [3.05, 3.63) is 28.8 Å². The molecular weight excluding hydrogens is 246 g/mol. The third-order valence-electron chi connectivity index (χ3n) is 3.21. The molecule has 0 spiro atoms. The number of rotatable bonds is 2. The predicted molar refractivity (Wildman–Crippen MR) is 75.7 cm³/mol. The second-order valence-electron chi connectivity index (χ2n) is 4.55. The largest absolute Gasteiger partial charge is 0.496 e. The number of thioether (sulfide) groups is 1. The van der Waals surface area contributed by atoms with E-state index in [4.69, 9.17) is 4.74 Å². The van der Waals surface area contributed by atoms with Crippen LogP contribution in [0.1, 0.15) is 21.5 Å². The van der Waals surface area contributed by atoms with Gasteiger partial charge in [-0.25, -0.2) is 0 Å². The molecule has 1 aliphatic heterocycles. The summed E-state index contributed by atoms with van der Waals surface area (Å²) in [4.78, 5) is 14.3. The van der Waals surface area contributed by atoms with Crippen LogP contribution in [0.2, 0.25) is 0 Å². The predicted octanol–water partition coefficient (Wildman–Crippen LogP) is 2.50. The molecule has 0 unspecified atom stereocenters. The first-order valence-electron chi connectivity index (χ1n) is 6.15. The fourth-order valence-electron chi connectivity index (χ4n) is 2.34. The van der Waals surface area contributed by atoms with E-state index in [2.05, 4.69) is 0 Å². The van der Waals surface area contributed by atoms with E-state index in [1.807, 2.05) is 42.6 Å². The Balaban J connectivity index is 2.25. The van der Waals surface area contributed by atoms with Crippen LogP contribution in [-0.4, -0.2) is 42.5 Å². The van der Waals surface area contributed by atoms with Crippen molar-refractivity contribution in [3.8, 4) is 5.75 Å². The minimum absolute atomic E-state index is 0.143. The zero-order chi connectivity index (χ0) is 13.1. The molecule has 2 rings (SSSR count). The fraction of sp³-hybridized carbons (Fsp3) is 0.500. The first-order chi connectivity index (χ1) is 8.63. The van der Waals surface area contributed by atoms with Gasteiger partial charge < -0.3 is 9.64 Å². The van der Waals surface area contributed by atoms with Crippen molar-refractivity contribution in [3.63, 3.8) is 0 Å². The molecule has 98 valence electrons. The van der Waals surface area contributed by atoms with E-state index in [9.17, 15) is 4.79 Å². The molecule has 0 atom stereocenters. The summed E-state index contributed by atoms with van der Waals surface area (Å²) in [6.07, 6.45) is 0. The molecule has 0 aliphatic carbocycles. The summed E-state index contributed by atoms with van der Waals surface area (Å²) in [7, 11) is 1.67. The Labute approximate surface area is 113 Å². The van der Waals surface area contributed by atoms with E-state index < -0.39 is 0 Å². The van der Waals surface area contributed by atoms with Crippen LogP contribution in [0.25, 0.3) is 0 Å². The number of nitrogens with zero attached hydrogens (tertiary/aromatic N) is 1. The first kappa shape index (κ1) is 13.3. The Kier molecular flexibility index (Phi) is 4.17. The molecule has 18 heavy (non-hydrogen) atoms. The molecule has 3 nitrogen and oxygen atoms in total. The summed E-state index contributed by atoms with van der Waals surface area (Å²) in [6, 6.07) is 3.85. The number of carbonyl (C=O) groups is 1. The zero-order valence-corrected chi connectivity index (χ0v) is 12.0. The fourth-order valence-corrected chi connectivity index (χ4v) is 3.25. The molecule has 1 amide bonds. The van der Waals surface area contributed by atoms with Crippen LogP contribution in [0.5, 0.6) is 5.75 Å². The van der Waals surface area contributed by atoms with Crippen LogP contribution in [0, 0.1) is 13.8 Å². The third kappa shape index (κ3) is 2.64. The number of ether oxygens (including phenoxy) is 1. The maximum absolute atomic E-state index is 12.4. The number of carbonyl (C=O) groups excluding carboxylic acids is 1. The SMILES string of the molecule is COc1c(C)cc(C(=O)N2CCSCC2)cc1C. The minimum Gasteiger partial charge on any atom is -0.496 e. The van der Waals surface area contributed by atoms with E-state index in [0.717, 1.165) is 47.0 Å². The molecule has 1 heterocycles. The maximum Gasteiger partial charge on any atom is 0.253 e. The van der Waals surface area contributed by atoms with Crippen molar-refractivity contribution in [2.45, 2.75) is 13.8 Å². The van der Waals surface area contributed by atoms with Gasteiger partial charge in [-0.1, -0.05) is 0 Å². The Hall–Kier alpha value is -1.16. The lowest BCUT2D eigenvalue weighted by Gasteiger charge is -2.26. The number of aryl methyl sites for hydroxylation is 2. The number of methoxy groups -OCH3 is 1. The molecular formula is C14H19NO2S. The lowest BCUT2D eigenvalue weighted by atomic mass is 10.0. The molecule has 1 aromatic rings. The summed E-state index contributed by atoms with van der Waals surface area (Å²) < 4.78 is 5.33. The van der Waals surface area contributed by atoms with Crippen LogP contribution in [-0.2, 0) is 0 Å². The molecule has 0 saturated carbocycles. The standard InChI is InChI=1S/C14H19NO2S/c1-10-8-12(9-11(2)13(10)17-3)14(16)15-4-6-18-7-5-15/h8-9H,4-7H2,1-3H3.